The molecule has 0 saturated carbocycles. The van der Waals surface area contributed by atoms with E-state index in [9.17, 15) is 0 Å². The van der Waals surface area contributed by atoms with Crippen molar-refractivity contribution >= 4 is 5.82 Å². The van der Waals surface area contributed by atoms with E-state index in [4.69, 9.17) is 0 Å². The Morgan fingerprint density at radius 3 is 2.19 bits per heavy atom. The van der Waals surface area contributed by atoms with E-state index in [1.165, 1.54) is 0 Å². The van der Waals surface area contributed by atoms with Gasteiger partial charge in [-0.05, 0) is 37.6 Å². The first-order valence-corrected chi connectivity index (χ1v) is 9.55. The summed E-state index contributed by atoms with van der Waals surface area (Å²) in [6.45, 7) is 8.59. The quantitative estimate of drug-likeness (QED) is 0.710. The van der Waals surface area contributed by atoms with Crippen LogP contribution < -0.4 is 4.90 Å². The third-order valence-corrected chi connectivity index (χ3v) is 5.19. The van der Waals surface area contributed by atoms with Gasteiger partial charge in [-0.25, -0.2) is 0 Å². The molecule has 0 radical (unpaired) electrons. The van der Waals surface area contributed by atoms with E-state index < -0.39 is 0 Å². The third kappa shape index (κ3) is 3.83. The smallest absolute Gasteiger partial charge is 0.151 e. The number of aromatic nitrogens is 3. The second-order valence-corrected chi connectivity index (χ2v) is 7.18. The van der Waals surface area contributed by atoms with E-state index in [2.05, 4.69) is 57.0 Å². The number of benzene rings is 1. The maximum Gasteiger partial charge on any atom is 0.151 e. The molecule has 1 aliphatic heterocycles. The SMILES string of the molecule is CC(C)N1CCN(c2cc(-c3ccncc3)c(-c3ccccc3)nn2)CC1. The number of hydrogen-bond acceptors (Lipinski definition) is 5. The largest absolute Gasteiger partial charge is 0.353 e. The highest BCUT2D eigenvalue weighted by atomic mass is 15.3. The van der Waals surface area contributed by atoms with Crippen LogP contribution in [0.5, 0.6) is 0 Å². The molecule has 0 unspecified atom stereocenters. The molecule has 138 valence electrons. The van der Waals surface area contributed by atoms with Crippen LogP contribution >= 0.6 is 0 Å². The summed E-state index contributed by atoms with van der Waals surface area (Å²) in [5, 5.41) is 9.21. The molecule has 0 N–H and O–H groups in total. The molecule has 1 aliphatic rings. The number of rotatable bonds is 4. The second kappa shape index (κ2) is 7.84. The Labute approximate surface area is 160 Å². The van der Waals surface area contributed by atoms with Crippen LogP contribution in [0.2, 0.25) is 0 Å². The van der Waals surface area contributed by atoms with Gasteiger partial charge in [0.05, 0.1) is 0 Å². The van der Waals surface area contributed by atoms with Gasteiger partial charge in [0.2, 0.25) is 0 Å². The van der Waals surface area contributed by atoms with Crippen molar-refractivity contribution in [3.8, 4) is 22.4 Å². The first kappa shape index (κ1) is 17.6. The first-order valence-electron chi connectivity index (χ1n) is 9.55. The molecule has 0 amide bonds. The van der Waals surface area contributed by atoms with Gasteiger partial charge in [0.1, 0.15) is 5.69 Å². The molecule has 5 heteroatoms. The lowest BCUT2D eigenvalue weighted by Crippen LogP contribution is -2.49. The summed E-state index contributed by atoms with van der Waals surface area (Å²) < 4.78 is 0. The molecule has 3 heterocycles. The fraction of sp³-hybridized carbons (Fsp3) is 0.318. The van der Waals surface area contributed by atoms with E-state index in [1.807, 2.05) is 42.7 Å². The van der Waals surface area contributed by atoms with Gasteiger partial charge in [0.15, 0.2) is 5.82 Å². The lowest BCUT2D eigenvalue weighted by Gasteiger charge is -2.37. The Bertz CT molecular complexity index is 872. The topological polar surface area (TPSA) is 45.2 Å². The zero-order valence-electron chi connectivity index (χ0n) is 15.9. The number of piperazine rings is 1. The van der Waals surface area contributed by atoms with Crippen molar-refractivity contribution in [2.75, 3.05) is 31.1 Å². The lowest BCUT2D eigenvalue weighted by atomic mass is 10.0. The molecule has 5 nitrogen and oxygen atoms in total. The summed E-state index contributed by atoms with van der Waals surface area (Å²) in [6.07, 6.45) is 3.65. The van der Waals surface area contributed by atoms with Gasteiger partial charge in [-0.15, -0.1) is 10.2 Å². The highest BCUT2D eigenvalue weighted by Crippen LogP contribution is 2.32. The van der Waals surface area contributed by atoms with Crippen LogP contribution in [-0.4, -0.2) is 52.3 Å². The van der Waals surface area contributed by atoms with Crippen LogP contribution in [0.4, 0.5) is 5.82 Å². The highest BCUT2D eigenvalue weighted by Gasteiger charge is 2.21. The molecular weight excluding hydrogens is 334 g/mol. The van der Waals surface area contributed by atoms with Gasteiger partial charge < -0.3 is 4.90 Å². The zero-order valence-corrected chi connectivity index (χ0v) is 15.9. The predicted octanol–water partition coefficient (Wildman–Crippen LogP) is 3.74. The molecule has 1 fully saturated rings. The Kier molecular flexibility index (Phi) is 5.12. The van der Waals surface area contributed by atoms with Gasteiger partial charge in [-0.3, -0.25) is 9.88 Å². The Morgan fingerprint density at radius 2 is 1.52 bits per heavy atom. The zero-order chi connectivity index (χ0) is 18.6. The minimum absolute atomic E-state index is 0.589. The fourth-order valence-corrected chi connectivity index (χ4v) is 3.56. The van der Waals surface area contributed by atoms with Crippen molar-refractivity contribution in [2.45, 2.75) is 19.9 Å². The number of anilines is 1. The summed E-state index contributed by atoms with van der Waals surface area (Å²) in [4.78, 5) is 9.00. The van der Waals surface area contributed by atoms with Gasteiger partial charge in [0, 0.05) is 55.7 Å². The second-order valence-electron chi connectivity index (χ2n) is 7.18. The Balaban J connectivity index is 1.70. The Hall–Kier alpha value is -2.79. The summed E-state index contributed by atoms with van der Waals surface area (Å²) in [5.41, 5.74) is 4.19. The number of hydrogen-bond donors (Lipinski definition) is 0. The summed E-state index contributed by atoms with van der Waals surface area (Å²) in [5.74, 6) is 0.949. The Morgan fingerprint density at radius 1 is 0.815 bits per heavy atom. The number of pyridine rings is 1. The normalized spacial score (nSPS) is 15.3. The lowest BCUT2D eigenvalue weighted by molar-refractivity contribution is 0.209. The van der Waals surface area contributed by atoms with Gasteiger partial charge >= 0.3 is 0 Å². The van der Waals surface area contributed by atoms with Crippen LogP contribution in [0, 0.1) is 0 Å². The monoisotopic (exact) mass is 359 g/mol. The minimum atomic E-state index is 0.589. The summed E-state index contributed by atoms with van der Waals surface area (Å²) in [7, 11) is 0. The van der Waals surface area contributed by atoms with Crippen molar-refractivity contribution in [1.82, 2.24) is 20.1 Å². The fourth-order valence-electron chi connectivity index (χ4n) is 3.56. The maximum atomic E-state index is 4.63. The maximum absolute atomic E-state index is 4.63. The summed E-state index contributed by atoms with van der Waals surface area (Å²) >= 11 is 0. The molecule has 0 atom stereocenters. The average Bonchev–Trinajstić information content (AvgIpc) is 2.74. The standard InChI is InChI=1S/C22H25N5/c1-17(2)26-12-14-27(15-13-26)21-16-20(18-8-10-23-11-9-18)22(25-24-21)19-6-4-3-5-7-19/h3-11,16-17H,12-15H2,1-2H3. The predicted molar refractivity (Wildman–Crippen MR) is 110 cm³/mol. The first-order chi connectivity index (χ1) is 13.2. The third-order valence-electron chi connectivity index (χ3n) is 5.19. The van der Waals surface area contributed by atoms with Gasteiger partial charge in [0.25, 0.3) is 0 Å². The molecule has 1 aromatic carbocycles. The van der Waals surface area contributed by atoms with Crippen LogP contribution in [0.25, 0.3) is 22.4 Å². The average molecular weight is 359 g/mol. The van der Waals surface area contributed by atoms with Gasteiger partial charge in [-0.2, -0.15) is 0 Å². The molecule has 27 heavy (non-hydrogen) atoms. The van der Waals surface area contributed by atoms with Crippen LogP contribution in [0.15, 0.2) is 60.9 Å². The minimum Gasteiger partial charge on any atom is -0.353 e. The van der Waals surface area contributed by atoms with Gasteiger partial charge in [-0.1, -0.05) is 30.3 Å². The molecule has 0 spiro atoms. The molecule has 1 saturated heterocycles. The molecule has 4 rings (SSSR count). The van der Waals surface area contributed by atoms with Crippen LogP contribution in [0.3, 0.4) is 0 Å². The van der Waals surface area contributed by atoms with Crippen molar-refractivity contribution in [1.29, 1.82) is 0 Å². The van der Waals surface area contributed by atoms with E-state index in [0.29, 0.717) is 6.04 Å². The van der Waals surface area contributed by atoms with Crippen molar-refractivity contribution in [3.63, 3.8) is 0 Å². The molecular formula is C22H25N5. The molecule has 2 aromatic heterocycles. The molecule has 0 aliphatic carbocycles. The molecule has 0 bridgehead atoms. The summed E-state index contributed by atoms with van der Waals surface area (Å²) in [6, 6.07) is 17.1. The van der Waals surface area contributed by atoms with Crippen molar-refractivity contribution in [3.05, 3.63) is 60.9 Å². The van der Waals surface area contributed by atoms with Crippen LogP contribution in [0.1, 0.15) is 13.8 Å². The molecule has 3 aromatic rings. The van der Waals surface area contributed by atoms with E-state index >= 15 is 0 Å². The highest BCUT2D eigenvalue weighted by molar-refractivity contribution is 5.81. The number of nitrogens with zero attached hydrogens (tertiary/aromatic N) is 5. The van der Waals surface area contributed by atoms with E-state index in [0.717, 1.165) is 54.4 Å². The van der Waals surface area contributed by atoms with Crippen LogP contribution in [-0.2, 0) is 0 Å². The van der Waals surface area contributed by atoms with E-state index in [1.54, 1.807) is 0 Å². The van der Waals surface area contributed by atoms with E-state index in [-0.39, 0.29) is 0 Å². The van der Waals surface area contributed by atoms with Crippen molar-refractivity contribution < 1.29 is 0 Å². The van der Waals surface area contributed by atoms with Crippen molar-refractivity contribution in [2.24, 2.45) is 0 Å².